The molecule has 9 nitrogen and oxygen atoms in total. The van der Waals surface area contributed by atoms with E-state index in [1.165, 1.54) is 7.11 Å². The molecule has 0 aromatic heterocycles. The highest BCUT2D eigenvalue weighted by Gasteiger charge is 2.58. The fourth-order valence-electron chi connectivity index (χ4n) is 3.26. The minimum atomic E-state index is -1.38. The molecular weight excluding hydrogens is 406 g/mol. The first-order valence-electron chi connectivity index (χ1n) is 9.93. The maximum Gasteiger partial charge on any atom is 0.413 e. The number of nitrogens with zero attached hydrogens (tertiary/aromatic N) is 1. The number of carbonyl (C=O) groups excluding carboxylic acids is 3. The Morgan fingerprint density at radius 1 is 1.06 bits per heavy atom. The summed E-state index contributed by atoms with van der Waals surface area (Å²) in [5.74, 6) is -0.941. The van der Waals surface area contributed by atoms with Crippen LogP contribution in [0, 0.1) is 0 Å². The van der Waals surface area contributed by atoms with Gasteiger partial charge in [-0.25, -0.2) is 14.4 Å². The molecule has 1 aromatic carbocycles. The third kappa shape index (κ3) is 5.66. The van der Waals surface area contributed by atoms with E-state index in [2.05, 4.69) is 0 Å². The molecule has 3 atom stereocenters. The van der Waals surface area contributed by atoms with Crippen LogP contribution in [0.2, 0.25) is 0 Å². The van der Waals surface area contributed by atoms with Crippen LogP contribution in [0.4, 0.5) is 4.79 Å². The second kappa shape index (κ2) is 9.13. The van der Waals surface area contributed by atoms with E-state index in [9.17, 15) is 14.4 Å². The molecule has 0 saturated carbocycles. The van der Waals surface area contributed by atoms with Gasteiger partial charge in [0.1, 0.15) is 23.2 Å². The van der Waals surface area contributed by atoms with Crippen LogP contribution >= 0.6 is 0 Å². The van der Waals surface area contributed by atoms with E-state index in [4.69, 9.17) is 23.7 Å². The van der Waals surface area contributed by atoms with Crippen LogP contribution < -0.4 is 4.74 Å². The Balaban J connectivity index is 2.33. The lowest BCUT2D eigenvalue weighted by atomic mass is 10.1. The molecular formula is C22H31NO8. The van der Waals surface area contributed by atoms with Crippen molar-refractivity contribution in [2.45, 2.75) is 71.1 Å². The molecule has 0 aliphatic carbocycles. The van der Waals surface area contributed by atoms with Gasteiger partial charge in [0.2, 0.25) is 0 Å². The van der Waals surface area contributed by atoms with Gasteiger partial charge in [-0.05, 0) is 59.2 Å². The number of methoxy groups -OCH3 is 2. The zero-order chi connectivity index (χ0) is 23.6. The van der Waals surface area contributed by atoms with E-state index in [1.807, 2.05) is 0 Å². The summed E-state index contributed by atoms with van der Waals surface area (Å²) in [7, 11) is 2.73. The molecule has 31 heavy (non-hydrogen) atoms. The Hall–Kier alpha value is -2.81. The Bertz CT molecular complexity index is 812. The van der Waals surface area contributed by atoms with Crippen molar-refractivity contribution in [1.29, 1.82) is 0 Å². The van der Waals surface area contributed by atoms with Gasteiger partial charge in [-0.1, -0.05) is 12.1 Å². The summed E-state index contributed by atoms with van der Waals surface area (Å²) in [6.07, 6.45) is -2.81. The first-order valence-corrected chi connectivity index (χ1v) is 9.93. The third-order valence-electron chi connectivity index (χ3n) is 4.70. The van der Waals surface area contributed by atoms with Crippen molar-refractivity contribution in [2.75, 3.05) is 14.2 Å². The van der Waals surface area contributed by atoms with Gasteiger partial charge in [0.05, 0.1) is 14.2 Å². The highest BCUT2D eigenvalue weighted by Crippen LogP contribution is 2.36. The molecule has 172 valence electrons. The number of hydrogen-bond acceptors (Lipinski definition) is 8. The summed E-state index contributed by atoms with van der Waals surface area (Å²) in [5.41, 5.74) is -1.42. The zero-order valence-corrected chi connectivity index (χ0v) is 19.3. The molecule has 1 unspecified atom stereocenters. The van der Waals surface area contributed by atoms with Gasteiger partial charge in [-0.3, -0.25) is 4.90 Å². The number of esters is 2. The molecule has 0 radical (unpaired) electrons. The molecule has 1 heterocycles. The van der Waals surface area contributed by atoms with Gasteiger partial charge in [-0.2, -0.15) is 0 Å². The lowest BCUT2D eigenvalue weighted by Gasteiger charge is -2.34. The van der Waals surface area contributed by atoms with E-state index in [0.717, 1.165) is 4.90 Å². The van der Waals surface area contributed by atoms with E-state index in [0.29, 0.717) is 11.3 Å². The Morgan fingerprint density at radius 3 is 2.13 bits per heavy atom. The van der Waals surface area contributed by atoms with Crippen molar-refractivity contribution >= 4 is 18.0 Å². The van der Waals surface area contributed by atoms with Crippen LogP contribution in [0.3, 0.4) is 0 Å². The molecule has 0 bridgehead atoms. The molecule has 2 rings (SSSR count). The average molecular weight is 437 g/mol. The van der Waals surface area contributed by atoms with Gasteiger partial charge in [-0.15, -0.1) is 0 Å². The van der Waals surface area contributed by atoms with E-state index in [1.54, 1.807) is 72.9 Å². The second-order valence-electron chi connectivity index (χ2n) is 8.66. The van der Waals surface area contributed by atoms with Crippen LogP contribution in [-0.2, 0) is 28.5 Å². The van der Waals surface area contributed by atoms with Gasteiger partial charge < -0.3 is 23.7 Å². The number of amides is 1. The summed E-state index contributed by atoms with van der Waals surface area (Å²) in [6, 6.07) is 5.63. The summed E-state index contributed by atoms with van der Waals surface area (Å²) >= 11 is 0. The maximum atomic E-state index is 13.2. The Labute approximate surface area is 182 Å². The van der Waals surface area contributed by atoms with Crippen molar-refractivity contribution < 1.29 is 38.1 Å². The quantitative estimate of drug-likeness (QED) is 0.511. The second-order valence-corrected chi connectivity index (χ2v) is 8.66. The van der Waals surface area contributed by atoms with Crippen LogP contribution in [0.5, 0.6) is 5.75 Å². The fourth-order valence-corrected chi connectivity index (χ4v) is 3.26. The van der Waals surface area contributed by atoms with Crippen molar-refractivity contribution in [2.24, 2.45) is 0 Å². The first kappa shape index (κ1) is 24.5. The zero-order valence-electron chi connectivity index (χ0n) is 19.3. The Kier molecular flexibility index (Phi) is 7.21. The topological polar surface area (TPSA) is 101 Å². The SMILES string of the molecule is COC(=O)[C@@H]1OC(C)(C)N(C(=O)OC(C)(C)C)[C@@H]1C(=O)OC(C)c1ccc(OC)cc1. The molecule has 1 amide bonds. The summed E-state index contributed by atoms with van der Waals surface area (Å²) in [4.78, 5) is 39.5. The van der Waals surface area contributed by atoms with Gasteiger partial charge in [0, 0.05) is 0 Å². The lowest BCUT2D eigenvalue weighted by Crippen LogP contribution is -2.54. The first-order chi connectivity index (χ1) is 14.3. The van der Waals surface area contributed by atoms with Gasteiger partial charge in [0.25, 0.3) is 0 Å². The minimum absolute atomic E-state index is 0.652. The molecule has 1 aliphatic heterocycles. The Morgan fingerprint density at radius 2 is 1.65 bits per heavy atom. The van der Waals surface area contributed by atoms with Crippen LogP contribution in [0.15, 0.2) is 24.3 Å². The van der Waals surface area contributed by atoms with Crippen LogP contribution in [-0.4, -0.2) is 60.6 Å². The van der Waals surface area contributed by atoms with Crippen molar-refractivity contribution in [1.82, 2.24) is 4.90 Å². The molecule has 1 fully saturated rings. The standard InChI is InChI=1S/C22H31NO8/c1-13(14-9-11-15(27-7)12-10-14)29-18(24)16-17(19(25)28-8)30-22(5,6)23(16)20(26)31-21(2,3)4/h9-13,16-17H,1-8H3/t13?,16-,17+/m0/s1. The maximum absolute atomic E-state index is 13.2. The molecule has 1 aliphatic rings. The van der Waals surface area contributed by atoms with E-state index < -0.39 is 47.6 Å². The van der Waals surface area contributed by atoms with Gasteiger partial charge in [0.15, 0.2) is 12.1 Å². The largest absolute Gasteiger partial charge is 0.497 e. The van der Waals surface area contributed by atoms with Crippen molar-refractivity contribution in [3.8, 4) is 5.75 Å². The number of rotatable bonds is 5. The van der Waals surface area contributed by atoms with E-state index in [-0.39, 0.29) is 0 Å². The molecule has 1 aromatic rings. The average Bonchev–Trinajstić information content (AvgIpc) is 2.97. The highest BCUT2D eigenvalue weighted by atomic mass is 16.6. The number of hydrogen-bond donors (Lipinski definition) is 0. The predicted molar refractivity (Wildman–Crippen MR) is 110 cm³/mol. The number of benzene rings is 1. The molecule has 0 N–H and O–H groups in total. The van der Waals surface area contributed by atoms with Crippen LogP contribution in [0.1, 0.15) is 53.2 Å². The normalized spacial score (nSPS) is 21.2. The highest BCUT2D eigenvalue weighted by molar-refractivity contribution is 5.90. The molecule has 1 saturated heterocycles. The number of ether oxygens (including phenoxy) is 5. The monoisotopic (exact) mass is 437 g/mol. The molecule has 9 heteroatoms. The van der Waals surface area contributed by atoms with Gasteiger partial charge >= 0.3 is 18.0 Å². The van der Waals surface area contributed by atoms with E-state index >= 15 is 0 Å². The number of carbonyl (C=O) groups is 3. The summed E-state index contributed by atoms with van der Waals surface area (Å²) in [5, 5.41) is 0. The summed E-state index contributed by atoms with van der Waals surface area (Å²) in [6.45, 7) is 9.91. The lowest BCUT2D eigenvalue weighted by molar-refractivity contribution is -0.163. The molecule has 0 spiro atoms. The predicted octanol–water partition coefficient (Wildman–Crippen LogP) is 3.21. The smallest absolute Gasteiger partial charge is 0.413 e. The van der Waals surface area contributed by atoms with Crippen LogP contribution in [0.25, 0.3) is 0 Å². The summed E-state index contributed by atoms with van der Waals surface area (Å²) < 4.78 is 26.7. The minimum Gasteiger partial charge on any atom is -0.497 e. The van der Waals surface area contributed by atoms with Crippen molar-refractivity contribution in [3.63, 3.8) is 0 Å². The fraction of sp³-hybridized carbons (Fsp3) is 0.591. The third-order valence-corrected chi connectivity index (χ3v) is 4.70. The van der Waals surface area contributed by atoms with Crippen molar-refractivity contribution in [3.05, 3.63) is 29.8 Å².